The molecular formula is C28H26N4O2. The van der Waals surface area contributed by atoms with Gasteiger partial charge >= 0.3 is 0 Å². The van der Waals surface area contributed by atoms with Crippen LogP contribution in [0, 0.1) is 10.8 Å². The first-order valence-electron chi connectivity index (χ1n) is 11.4. The Bertz CT molecular complexity index is 1390. The van der Waals surface area contributed by atoms with Crippen LogP contribution >= 0.6 is 0 Å². The number of aromatic nitrogens is 2. The fourth-order valence-electron chi connectivity index (χ4n) is 4.13. The summed E-state index contributed by atoms with van der Waals surface area (Å²) >= 11 is 0. The Kier molecular flexibility index (Phi) is 5.64. The van der Waals surface area contributed by atoms with Crippen molar-refractivity contribution in [3.8, 4) is 22.5 Å². The van der Waals surface area contributed by atoms with Crippen LogP contribution in [0.3, 0.4) is 0 Å². The minimum absolute atomic E-state index is 0.185. The van der Waals surface area contributed by atoms with E-state index in [1.807, 2.05) is 50.2 Å². The number of rotatable bonds is 6. The lowest BCUT2D eigenvalue weighted by Gasteiger charge is -2.04. The van der Waals surface area contributed by atoms with Crippen molar-refractivity contribution in [2.75, 3.05) is 13.2 Å². The topological polar surface area (TPSA) is 97.7 Å². The van der Waals surface area contributed by atoms with Crippen molar-refractivity contribution >= 4 is 33.6 Å². The highest BCUT2D eigenvalue weighted by molar-refractivity contribution is 5.98. The van der Waals surface area contributed by atoms with Crippen LogP contribution in [0.15, 0.2) is 72.8 Å². The zero-order chi connectivity index (χ0) is 23.7. The van der Waals surface area contributed by atoms with Gasteiger partial charge in [0.1, 0.15) is 0 Å². The molecule has 0 spiro atoms. The molecule has 0 aliphatic rings. The normalized spacial score (nSPS) is 11.1. The highest BCUT2D eigenvalue weighted by Crippen LogP contribution is 2.29. The summed E-state index contributed by atoms with van der Waals surface area (Å²) in [6, 6.07) is 24.4. The first kappa shape index (κ1) is 21.5. The van der Waals surface area contributed by atoms with Crippen molar-refractivity contribution in [2.24, 2.45) is 0 Å². The lowest BCUT2D eigenvalue weighted by molar-refractivity contribution is 0.325. The van der Waals surface area contributed by atoms with Crippen molar-refractivity contribution in [1.29, 1.82) is 10.8 Å². The maximum absolute atomic E-state index is 8.02. The molecule has 0 bridgehead atoms. The molecule has 0 atom stereocenters. The molecule has 170 valence electrons. The van der Waals surface area contributed by atoms with Gasteiger partial charge < -0.3 is 19.4 Å². The van der Waals surface area contributed by atoms with E-state index in [0.717, 1.165) is 55.4 Å². The van der Waals surface area contributed by atoms with Crippen LogP contribution in [0.2, 0.25) is 0 Å². The van der Waals surface area contributed by atoms with Gasteiger partial charge in [0.05, 0.1) is 13.2 Å². The molecule has 0 aliphatic carbocycles. The number of aromatic amines is 2. The Labute approximate surface area is 197 Å². The van der Waals surface area contributed by atoms with Crippen LogP contribution in [0.1, 0.15) is 25.0 Å². The molecule has 6 heteroatoms. The van der Waals surface area contributed by atoms with Gasteiger partial charge in [0.2, 0.25) is 11.8 Å². The third-order valence-electron chi connectivity index (χ3n) is 5.85. The number of hydrogen-bond acceptors (Lipinski definition) is 4. The van der Waals surface area contributed by atoms with E-state index in [1.165, 1.54) is 0 Å². The molecule has 3 aromatic carbocycles. The monoisotopic (exact) mass is 450 g/mol. The first-order valence-corrected chi connectivity index (χ1v) is 11.4. The van der Waals surface area contributed by atoms with Gasteiger partial charge in [-0.05, 0) is 61.4 Å². The third kappa shape index (κ3) is 4.06. The molecule has 0 fully saturated rings. The summed E-state index contributed by atoms with van der Waals surface area (Å²) in [6.45, 7) is 4.72. The van der Waals surface area contributed by atoms with Gasteiger partial charge in [-0.15, -0.1) is 0 Å². The molecule has 5 aromatic rings. The van der Waals surface area contributed by atoms with Gasteiger partial charge in [0.15, 0.2) is 0 Å². The van der Waals surface area contributed by atoms with Gasteiger partial charge in [-0.2, -0.15) is 0 Å². The average molecular weight is 451 g/mol. The van der Waals surface area contributed by atoms with Gasteiger partial charge in [0, 0.05) is 44.3 Å². The van der Waals surface area contributed by atoms with E-state index in [4.69, 9.17) is 20.3 Å². The molecule has 0 saturated carbocycles. The van der Waals surface area contributed by atoms with Crippen molar-refractivity contribution in [2.45, 2.75) is 13.8 Å². The van der Waals surface area contributed by atoms with Crippen molar-refractivity contribution in [1.82, 2.24) is 9.97 Å². The van der Waals surface area contributed by atoms with Crippen molar-refractivity contribution in [3.05, 3.63) is 83.9 Å². The molecule has 0 unspecified atom stereocenters. The molecule has 0 saturated heterocycles. The SMILES string of the molecule is CCOC(=N)c1ccc2cc(-c3ccc(-c4cc5ccc(C(=N)OCC)cc5[nH]4)cc3)[nH]c2c1. The Balaban J connectivity index is 1.41. The Morgan fingerprint density at radius 3 is 1.41 bits per heavy atom. The van der Waals surface area contributed by atoms with Crippen LogP contribution in [0.5, 0.6) is 0 Å². The minimum Gasteiger partial charge on any atom is -0.478 e. The second kappa shape index (κ2) is 8.90. The summed E-state index contributed by atoms with van der Waals surface area (Å²) in [7, 11) is 0. The van der Waals surface area contributed by atoms with Gasteiger partial charge in [-0.3, -0.25) is 10.8 Å². The number of hydrogen-bond donors (Lipinski definition) is 4. The highest BCUT2D eigenvalue weighted by Gasteiger charge is 2.10. The molecule has 4 N–H and O–H groups in total. The molecule has 34 heavy (non-hydrogen) atoms. The van der Waals surface area contributed by atoms with E-state index in [9.17, 15) is 0 Å². The van der Waals surface area contributed by atoms with E-state index >= 15 is 0 Å². The minimum atomic E-state index is 0.185. The summed E-state index contributed by atoms with van der Waals surface area (Å²) in [5.74, 6) is 0.371. The molecule has 0 radical (unpaired) electrons. The molecule has 6 nitrogen and oxygen atoms in total. The van der Waals surface area contributed by atoms with Gasteiger partial charge in [0.25, 0.3) is 0 Å². The van der Waals surface area contributed by atoms with Crippen molar-refractivity contribution < 1.29 is 9.47 Å². The van der Waals surface area contributed by atoms with Gasteiger partial charge in [-0.1, -0.05) is 36.4 Å². The summed E-state index contributed by atoms with van der Waals surface area (Å²) in [6.07, 6.45) is 0. The zero-order valence-corrected chi connectivity index (χ0v) is 19.2. The number of benzene rings is 3. The molecule has 5 rings (SSSR count). The number of nitrogens with one attached hydrogen (secondary N) is 4. The second-order valence-corrected chi connectivity index (χ2v) is 8.07. The summed E-state index contributed by atoms with van der Waals surface area (Å²) < 4.78 is 10.6. The molecular weight excluding hydrogens is 424 g/mol. The van der Waals surface area contributed by atoms with Gasteiger partial charge in [-0.25, -0.2) is 0 Å². The first-order chi connectivity index (χ1) is 16.6. The second-order valence-electron chi connectivity index (χ2n) is 8.07. The van der Waals surface area contributed by atoms with Crippen LogP contribution in [-0.4, -0.2) is 35.0 Å². The predicted molar refractivity (Wildman–Crippen MR) is 138 cm³/mol. The fourth-order valence-corrected chi connectivity index (χ4v) is 4.13. The predicted octanol–water partition coefficient (Wildman–Crippen LogP) is 6.71. The zero-order valence-electron chi connectivity index (χ0n) is 19.2. The summed E-state index contributed by atoms with van der Waals surface area (Å²) in [4.78, 5) is 6.93. The third-order valence-corrected chi connectivity index (χ3v) is 5.85. The summed E-state index contributed by atoms with van der Waals surface area (Å²) in [5.41, 5.74) is 7.70. The number of ether oxygens (including phenoxy) is 2. The largest absolute Gasteiger partial charge is 0.478 e. The fraction of sp³-hybridized carbons (Fsp3) is 0.143. The smallest absolute Gasteiger partial charge is 0.213 e. The van der Waals surface area contributed by atoms with E-state index in [2.05, 4.69) is 46.4 Å². The van der Waals surface area contributed by atoms with E-state index in [-0.39, 0.29) is 11.8 Å². The number of H-pyrrole nitrogens is 2. The average Bonchev–Trinajstić information content (AvgIpc) is 3.47. The van der Waals surface area contributed by atoms with Crippen LogP contribution in [0.25, 0.3) is 44.3 Å². The lowest BCUT2D eigenvalue weighted by atomic mass is 10.1. The Morgan fingerprint density at radius 2 is 1.03 bits per heavy atom. The highest BCUT2D eigenvalue weighted by atomic mass is 16.5. The van der Waals surface area contributed by atoms with E-state index in [1.54, 1.807) is 0 Å². The maximum atomic E-state index is 8.02. The van der Waals surface area contributed by atoms with E-state index < -0.39 is 0 Å². The Hall–Kier alpha value is -4.32. The van der Waals surface area contributed by atoms with E-state index in [0.29, 0.717) is 13.2 Å². The van der Waals surface area contributed by atoms with Crippen LogP contribution < -0.4 is 0 Å². The molecule has 0 aliphatic heterocycles. The lowest BCUT2D eigenvalue weighted by Crippen LogP contribution is -2.04. The van der Waals surface area contributed by atoms with Crippen molar-refractivity contribution in [3.63, 3.8) is 0 Å². The quantitative estimate of drug-likeness (QED) is 0.171. The Morgan fingerprint density at radius 1 is 0.618 bits per heavy atom. The molecule has 2 heterocycles. The standard InChI is InChI=1S/C28H26N4O2/c1-3-33-27(29)21-11-9-19-13-23(31-25(19)15-21)17-5-7-18(8-6-17)24-14-20-10-12-22(16-26(20)32-24)28(30)34-4-2/h5-16,29-32H,3-4H2,1-2H3. The molecule has 0 amide bonds. The maximum Gasteiger partial charge on any atom is 0.213 e. The number of fused-ring (bicyclic) bond motifs is 2. The molecule has 2 aromatic heterocycles. The van der Waals surface area contributed by atoms with Crippen LogP contribution in [0.4, 0.5) is 0 Å². The summed E-state index contributed by atoms with van der Waals surface area (Å²) in [5, 5.41) is 18.2. The van der Waals surface area contributed by atoms with Crippen LogP contribution in [-0.2, 0) is 9.47 Å².